The first kappa shape index (κ1) is 14.4. The molecule has 2 nitrogen and oxygen atoms in total. The molecule has 1 atom stereocenters. The number of ether oxygens (including phenoxy) is 1. The predicted molar refractivity (Wildman–Crippen MR) is 80.2 cm³/mol. The van der Waals surface area contributed by atoms with Crippen molar-refractivity contribution in [1.29, 1.82) is 0 Å². The number of esters is 1. The topological polar surface area (TPSA) is 26.3 Å². The van der Waals surface area contributed by atoms with Crippen molar-refractivity contribution in [3.8, 4) is 0 Å². The molecule has 4 aliphatic rings. The Hall–Kier alpha value is -0.530. The maximum Gasteiger partial charge on any atom is 0.308 e. The summed E-state index contributed by atoms with van der Waals surface area (Å²) in [6.07, 6.45) is 8.02. The van der Waals surface area contributed by atoms with Crippen molar-refractivity contribution in [3.05, 3.63) is 0 Å². The SMILES string of the molecule is CCC(C)(OC(=O)C(C)C)C1C2CC3CC(C2)CC1C3. The quantitative estimate of drug-likeness (QED) is 0.711. The van der Waals surface area contributed by atoms with E-state index in [1.54, 1.807) is 0 Å². The molecule has 4 fully saturated rings. The van der Waals surface area contributed by atoms with Crippen molar-refractivity contribution in [2.75, 3.05) is 0 Å². The van der Waals surface area contributed by atoms with Crippen LogP contribution in [0.3, 0.4) is 0 Å². The van der Waals surface area contributed by atoms with Gasteiger partial charge in [-0.3, -0.25) is 4.79 Å². The third-order valence-electron chi connectivity index (χ3n) is 6.44. The molecular formula is C18H30O2. The Morgan fingerprint density at radius 2 is 1.60 bits per heavy atom. The summed E-state index contributed by atoms with van der Waals surface area (Å²) in [6.45, 7) is 8.28. The first-order chi connectivity index (χ1) is 9.43. The van der Waals surface area contributed by atoms with Gasteiger partial charge >= 0.3 is 5.97 Å². The van der Waals surface area contributed by atoms with Crippen LogP contribution in [0, 0.1) is 35.5 Å². The highest BCUT2D eigenvalue weighted by Crippen LogP contribution is 2.60. The Labute approximate surface area is 123 Å². The minimum absolute atomic E-state index is 0.0110. The number of carbonyl (C=O) groups is 1. The molecule has 114 valence electrons. The van der Waals surface area contributed by atoms with Crippen LogP contribution in [-0.4, -0.2) is 11.6 Å². The monoisotopic (exact) mass is 278 g/mol. The van der Waals surface area contributed by atoms with Gasteiger partial charge < -0.3 is 4.74 Å². The van der Waals surface area contributed by atoms with Gasteiger partial charge in [0.1, 0.15) is 5.60 Å². The van der Waals surface area contributed by atoms with E-state index in [4.69, 9.17) is 4.74 Å². The summed E-state index contributed by atoms with van der Waals surface area (Å²) in [6, 6.07) is 0. The van der Waals surface area contributed by atoms with Gasteiger partial charge in [-0.05, 0) is 69.1 Å². The highest BCUT2D eigenvalue weighted by Gasteiger charge is 2.55. The lowest BCUT2D eigenvalue weighted by molar-refractivity contribution is -0.188. The van der Waals surface area contributed by atoms with E-state index in [0.717, 1.165) is 30.1 Å². The molecule has 0 aromatic carbocycles. The van der Waals surface area contributed by atoms with Crippen LogP contribution in [0.25, 0.3) is 0 Å². The van der Waals surface area contributed by atoms with Crippen LogP contribution in [0.15, 0.2) is 0 Å². The molecule has 0 N–H and O–H groups in total. The van der Waals surface area contributed by atoms with Gasteiger partial charge in [-0.25, -0.2) is 0 Å². The lowest BCUT2D eigenvalue weighted by Gasteiger charge is -2.58. The molecule has 0 aromatic heterocycles. The van der Waals surface area contributed by atoms with Crippen molar-refractivity contribution >= 4 is 5.97 Å². The molecule has 0 saturated heterocycles. The van der Waals surface area contributed by atoms with E-state index in [1.165, 1.54) is 32.1 Å². The molecule has 4 rings (SSSR count). The van der Waals surface area contributed by atoms with Gasteiger partial charge in [0.05, 0.1) is 5.92 Å². The Morgan fingerprint density at radius 1 is 1.10 bits per heavy atom. The molecule has 0 spiro atoms. The molecule has 4 bridgehead atoms. The zero-order valence-corrected chi connectivity index (χ0v) is 13.5. The Morgan fingerprint density at radius 3 is 2.00 bits per heavy atom. The third kappa shape index (κ3) is 2.29. The van der Waals surface area contributed by atoms with Gasteiger partial charge in [-0.15, -0.1) is 0 Å². The standard InChI is InChI=1S/C18H30O2/c1-5-18(4,20-17(19)11(2)3)16-14-7-12-6-13(9-14)10-15(16)8-12/h11-16H,5-10H2,1-4H3. The van der Waals surface area contributed by atoms with Crippen LogP contribution in [0.4, 0.5) is 0 Å². The Kier molecular flexibility index (Phi) is 3.63. The summed E-state index contributed by atoms with van der Waals surface area (Å²) in [7, 11) is 0. The van der Waals surface area contributed by atoms with Crippen LogP contribution in [0.5, 0.6) is 0 Å². The van der Waals surface area contributed by atoms with E-state index in [-0.39, 0.29) is 17.5 Å². The molecular weight excluding hydrogens is 248 g/mol. The van der Waals surface area contributed by atoms with E-state index in [9.17, 15) is 4.79 Å². The zero-order valence-electron chi connectivity index (χ0n) is 13.5. The van der Waals surface area contributed by atoms with Gasteiger partial charge in [0, 0.05) is 5.92 Å². The average molecular weight is 278 g/mol. The first-order valence-electron chi connectivity index (χ1n) is 8.65. The summed E-state index contributed by atoms with van der Waals surface area (Å²) in [5.74, 6) is 4.18. The normalized spacial score (nSPS) is 41.8. The second-order valence-corrected chi connectivity index (χ2v) is 8.20. The van der Waals surface area contributed by atoms with Gasteiger partial charge in [0.15, 0.2) is 0 Å². The first-order valence-corrected chi connectivity index (χ1v) is 8.65. The fraction of sp³-hybridized carbons (Fsp3) is 0.944. The van der Waals surface area contributed by atoms with E-state index in [1.807, 2.05) is 13.8 Å². The smallest absolute Gasteiger partial charge is 0.308 e. The number of hydrogen-bond donors (Lipinski definition) is 0. The molecule has 0 aliphatic heterocycles. The lowest BCUT2D eigenvalue weighted by atomic mass is 9.48. The minimum atomic E-state index is -0.232. The largest absolute Gasteiger partial charge is 0.459 e. The number of carbonyl (C=O) groups excluding carboxylic acids is 1. The van der Waals surface area contributed by atoms with Crippen LogP contribution in [0.2, 0.25) is 0 Å². The average Bonchev–Trinajstić information content (AvgIpc) is 2.37. The fourth-order valence-electron chi connectivity index (χ4n) is 5.65. The van der Waals surface area contributed by atoms with Crippen LogP contribution in [-0.2, 0) is 9.53 Å². The molecule has 0 heterocycles. The Balaban J connectivity index is 1.80. The molecule has 4 saturated carbocycles. The van der Waals surface area contributed by atoms with E-state index in [0.29, 0.717) is 5.92 Å². The van der Waals surface area contributed by atoms with Crippen molar-refractivity contribution in [2.24, 2.45) is 35.5 Å². The summed E-state index contributed by atoms with van der Waals surface area (Å²) >= 11 is 0. The zero-order chi connectivity index (χ0) is 14.5. The van der Waals surface area contributed by atoms with Gasteiger partial charge in [-0.1, -0.05) is 20.8 Å². The third-order valence-corrected chi connectivity index (χ3v) is 6.44. The van der Waals surface area contributed by atoms with Gasteiger partial charge in [0.25, 0.3) is 0 Å². The van der Waals surface area contributed by atoms with E-state index in [2.05, 4.69) is 13.8 Å². The minimum Gasteiger partial charge on any atom is -0.459 e. The van der Waals surface area contributed by atoms with Gasteiger partial charge in [-0.2, -0.15) is 0 Å². The highest BCUT2D eigenvalue weighted by molar-refractivity contribution is 5.72. The summed E-state index contributed by atoms with van der Waals surface area (Å²) < 4.78 is 6.04. The maximum absolute atomic E-state index is 12.1. The van der Waals surface area contributed by atoms with Crippen molar-refractivity contribution in [3.63, 3.8) is 0 Å². The fourth-order valence-corrected chi connectivity index (χ4v) is 5.65. The van der Waals surface area contributed by atoms with Crippen molar-refractivity contribution in [1.82, 2.24) is 0 Å². The lowest BCUT2D eigenvalue weighted by Crippen LogP contribution is -2.55. The van der Waals surface area contributed by atoms with Crippen molar-refractivity contribution in [2.45, 2.75) is 71.8 Å². The molecule has 1 unspecified atom stereocenters. The highest BCUT2D eigenvalue weighted by atomic mass is 16.6. The number of hydrogen-bond acceptors (Lipinski definition) is 2. The number of rotatable bonds is 4. The molecule has 20 heavy (non-hydrogen) atoms. The van der Waals surface area contributed by atoms with E-state index >= 15 is 0 Å². The molecule has 4 aliphatic carbocycles. The van der Waals surface area contributed by atoms with Gasteiger partial charge in [0.2, 0.25) is 0 Å². The maximum atomic E-state index is 12.1. The van der Waals surface area contributed by atoms with Crippen molar-refractivity contribution < 1.29 is 9.53 Å². The molecule has 0 amide bonds. The van der Waals surface area contributed by atoms with Crippen LogP contribution >= 0.6 is 0 Å². The molecule has 0 radical (unpaired) electrons. The second kappa shape index (κ2) is 5.03. The van der Waals surface area contributed by atoms with Crippen LogP contribution < -0.4 is 0 Å². The predicted octanol–water partition coefficient (Wildman–Crippen LogP) is 4.43. The van der Waals surface area contributed by atoms with Crippen LogP contribution in [0.1, 0.15) is 66.2 Å². The molecule has 2 heteroatoms. The summed E-state index contributed by atoms with van der Waals surface area (Å²) in [4.78, 5) is 12.1. The van der Waals surface area contributed by atoms with E-state index < -0.39 is 0 Å². The second-order valence-electron chi connectivity index (χ2n) is 8.20. The molecule has 0 aromatic rings. The Bertz CT molecular complexity index is 359. The summed E-state index contributed by atoms with van der Waals surface area (Å²) in [5, 5.41) is 0. The summed E-state index contributed by atoms with van der Waals surface area (Å²) in [5.41, 5.74) is -0.232.